The summed E-state index contributed by atoms with van der Waals surface area (Å²) < 4.78 is 13.4. The minimum absolute atomic E-state index is 0.0129. The molecule has 5 nitrogen and oxygen atoms in total. The highest BCUT2D eigenvalue weighted by Gasteiger charge is 2.13. The fourth-order valence-electron chi connectivity index (χ4n) is 1.08. The Kier molecular flexibility index (Phi) is 3.83. The van der Waals surface area contributed by atoms with Crippen molar-refractivity contribution in [2.24, 2.45) is 0 Å². The standard InChI is InChI=1S/C9H10N2O3S2/c12-3-7(13)4-14-9-8(10-16-11-9)6-1-2-15-5-6/h1-2,5,7,12-13H,3-4H2. The zero-order valence-electron chi connectivity index (χ0n) is 8.24. The van der Waals surface area contributed by atoms with Gasteiger partial charge in [0.2, 0.25) is 0 Å². The van der Waals surface area contributed by atoms with Gasteiger partial charge in [0, 0.05) is 10.9 Å². The molecular formula is C9H10N2O3S2. The molecule has 0 aliphatic carbocycles. The van der Waals surface area contributed by atoms with Crippen LogP contribution in [0.25, 0.3) is 11.3 Å². The van der Waals surface area contributed by atoms with Crippen molar-refractivity contribution >= 4 is 23.1 Å². The molecule has 0 fully saturated rings. The Labute approximate surface area is 100 Å². The second-order valence-electron chi connectivity index (χ2n) is 3.08. The van der Waals surface area contributed by atoms with Crippen LogP contribution in [-0.4, -0.2) is 38.3 Å². The number of aliphatic hydroxyl groups excluding tert-OH is 2. The lowest BCUT2D eigenvalue weighted by Gasteiger charge is -2.07. The van der Waals surface area contributed by atoms with Crippen molar-refractivity contribution in [2.75, 3.05) is 13.2 Å². The first-order chi connectivity index (χ1) is 7.81. The van der Waals surface area contributed by atoms with E-state index < -0.39 is 6.10 Å². The fraction of sp³-hybridized carbons (Fsp3) is 0.333. The maximum absolute atomic E-state index is 9.16. The van der Waals surface area contributed by atoms with E-state index in [4.69, 9.17) is 14.9 Å². The molecule has 0 saturated carbocycles. The van der Waals surface area contributed by atoms with Gasteiger partial charge in [0.25, 0.3) is 5.88 Å². The normalized spacial score (nSPS) is 12.6. The lowest BCUT2D eigenvalue weighted by molar-refractivity contribution is 0.0526. The highest BCUT2D eigenvalue weighted by molar-refractivity contribution is 7.08. The summed E-state index contributed by atoms with van der Waals surface area (Å²) in [5, 5.41) is 21.7. The number of ether oxygens (including phenoxy) is 1. The Morgan fingerprint density at radius 2 is 2.31 bits per heavy atom. The molecule has 2 rings (SSSR count). The van der Waals surface area contributed by atoms with Crippen LogP contribution in [0.4, 0.5) is 0 Å². The van der Waals surface area contributed by atoms with Crippen LogP contribution in [0.2, 0.25) is 0 Å². The van der Waals surface area contributed by atoms with Gasteiger partial charge in [0.1, 0.15) is 18.4 Å². The zero-order valence-corrected chi connectivity index (χ0v) is 9.87. The summed E-state index contributed by atoms with van der Waals surface area (Å²) >= 11 is 2.63. The van der Waals surface area contributed by atoms with E-state index >= 15 is 0 Å². The van der Waals surface area contributed by atoms with Crippen LogP contribution in [0, 0.1) is 0 Å². The summed E-state index contributed by atoms with van der Waals surface area (Å²) in [6.45, 7) is -0.315. The average Bonchev–Trinajstić information content (AvgIpc) is 2.95. The zero-order chi connectivity index (χ0) is 11.4. The molecule has 0 bridgehead atoms. The van der Waals surface area contributed by atoms with E-state index in [1.165, 1.54) is 0 Å². The van der Waals surface area contributed by atoms with Gasteiger partial charge in [-0.2, -0.15) is 15.7 Å². The third-order valence-corrected chi connectivity index (χ3v) is 3.07. The number of nitrogens with zero attached hydrogens (tertiary/aromatic N) is 2. The van der Waals surface area contributed by atoms with Crippen LogP contribution in [0.1, 0.15) is 0 Å². The molecule has 0 spiro atoms. The molecule has 16 heavy (non-hydrogen) atoms. The molecule has 86 valence electrons. The molecule has 0 amide bonds. The first-order valence-electron chi connectivity index (χ1n) is 4.58. The Morgan fingerprint density at radius 1 is 1.44 bits per heavy atom. The Hall–Kier alpha value is -1.02. The van der Waals surface area contributed by atoms with Crippen LogP contribution in [0.3, 0.4) is 0 Å². The van der Waals surface area contributed by atoms with E-state index in [1.807, 2.05) is 16.8 Å². The van der Waals surface area contributed by atoms with Crippen molar-refractivity contribution in [3.63, 3.8) is 0 Å². The molecule has 2 heterocycles. The molecule has 1 unspecified atom stereocenters. The molecule has 0 aliphatic rings. The minimum atomic E-state index is -0.892. The van der Waals surface area contributed by atoms with Crippen LogP contribution < -0.4 is 4.74 Å². The van der Waals surface area contributed by atoms with Crippen LogP contribution in [0.15, 0.2) is 16.8 Å². The Bertz CT molecular complexity index is 430. The Morgan fingerprint density at radius 3 is 3.00 bits per heavy atom. The molecular weight excluding hydrogens is 248 g/mol. The maximum atomic E-state index is 9.16. The Balaban J connectivity index is 2.08. The molecule has 0 radical (unpaired) electrons. The van der Waals surface area contributed by atoms with E-state index in [0.717, 1.165) is 17.3 Å². The maximum Gasteiger partial charge on any atom is 0.254 e. The van der Waals surface area contributed by atoms with Gasteiger partial charge >= 0.3 is 0 Å². The topological polar surface area (TPSA) is 75.5 Å². The predicted molar refractivity (Wildman–Crippen MR) is 61.8 cm³/mol. The third kappa shape index (κ3) is 2.56. The minimum Gasteiger partial charge on any atom is -0.473 e. The van der Waals surface area contributed by atoms with Crippen LogP contribution >= 0.6 is 23.1 Å². The number of aromatic nitrogens is 2. The van der Waals surface area contributed by atoms with Crippen molar-refractivity contribution in [1.29, 1.82) is 0 Å². The summed E-state index contributed by atoms with van der Waals surface area (Å²) in [5.74, 6) is 0.399. The summed E-state index contributed by atoms with van der Waals surface area (Å²) in [6.07, 6.45) is -0.892. The summed E-state index contributed by atoms with van der Waals surface area (Å²) in [7, 11) is 0. The molecule has 2 N–H and O–H groups in total. The van der Waals surface area contributed by atoms with E-state index in [0.29, 0.717) is 11.6 Å². The fourth-order valence-corrected chi connectivity index (χ4v) is 2.24. The largest absolute Gasteiger partial charge is 0.473 e. The van der Waals surface area contributed by atoms with Crippen molar-refractivity contribution in [2.45, 2.75) is 6.10 Å². The predicted octanol–water partition coefficient (Wildman–Crippen LogP) is 0.999. The molecule has 0 aliphatic heterocycles. The molecule has 1 atom stereocenters. The van der Waals surface area contributed by atoms with Gasteiger partial charge in [0.05, 0.1) is 18.3 Å². The van der Waals surface area contributed by atoms with Gasteiger partial charge in [-0.15, -0.1) is 4.37 Å². The van der Waals surface area contributed by atoms with Gasteiger partial charge in [-0.05, 0) is 11.4 Å². The highest BCUT2D eigenvalue weighted by Crippen LogP contribution is 2.29. The number of hydrogen-bond acceptors (Lipinski definition) is 7. The van der Waals surface area contributed by atoms with E-state index in [9.17, 15) is 0 Å². The van der Waals surface area contributed by atoms with Crippen molar-refractivity contribution in [3.8, 4) is 17.1 Å². The quantitative estimate of drug-likeness (QED) is 0.836. The molecule has 0 saturated heterocycles. The number of hydrogen-bond donors (Lipinski definition) is 2. The first kappa shape index (κ1) is 11.5. The molecule has 0 aromatic carbocycles. The van der Waals surface area contributed by atoms with Crippen molar-refractivity contribution in [1.82, 2.24) is 8.75 Å². The van der Waals surface area contributed by atoms with Gasteiger partial charge in [-0.3, -0.25) is 0 Å². The molecule has 2 aromatic rings. The van der Waals surface area contributed by atoms with Gasteiger partial charge in [-0.25, -0.2) is 0 Å². The van der Waals surface area contributed by atoms with Gasteiger partial charge in [-0.1, -0.05) is 0 Å². The smallest absolute Gasteiger partial charge is 0.254 e. The van der Waals surface area contributed by atoms with E-state index in [-0.39, 0.29) is 13.2 Å². The van der Waals surface area contributed by atoms with Crippen LogP contribution in [0.5, 0.6) is 5.88 Å². The van der Waals surface area contributed by atoms with Crippen molar-refractivity contribution in [3.05, 3.63) is 16.8 Å². The van der Waals surface area contributed by atoms with Gasteiger partial charge < -0.3 is 14.9 Å². The van der Waals surface area contributed by atoms with E-state index in [1.54, 1.807) is 11.3 Å². The number of rotatable bonds is 5. The van der Waals surface area contributed by atoms with Crippen LogP contribution in [-0.2, 0) is 0 Å². The second kappa shape index (κ2) is 5.35. The van der Waals surface area contributed by atoms with Crippen molar-refractivity contribution < 1.29 is 14.9 Å². The summed E-state index contributed by atoms with van der Waals surface area (Å²) in [6, 6.07) is 1.93. The number of aliphatic hydroxyl groups is 2. The lowest BCUT2D eigenvalue weighted by Crippen LogP contribution is -2.21. The molecule has 2 aromatic heterocycles. The third-order valence-electron chi connectivity index (χ3n) is 1.88. The molecule has 7 heteroatoms. The summed E-state index contributed by atoms with van der Waals surface area (Å²) in [4.78, 5) is 0. The second-order valence-corrected chi connectivity index (χ2v) is 4.39. The first-order valence-corrected chi connectivity index (χ1v) is 6.25. The highest BCUT2D eigenvalue weighted by atomic mass is 32.1. The SMILES string of the molecule is OCC(O)COc1nsnc1-c1ccsc1. The average molecular weight is 258 g/mol. The monoisotopic (exact) mass is 258 g/mol. The number of thiophene rings is 1. The lowest BCUT2D eigenvalue weighted by atomic mass is 10.2. The van der Waals surface area contributed by atoms with Gasteiger partial charge in [0.15, 0.2) is 0 Å². The summed E-state index contributed by atoms with van der Waals surface area (Å²) in [5.41, 5.74) is 1.63. The van der Waals surface area contributed by atoms with E-state index in [2.05, 4.69) is 8.75 Å².